The molecule has 0 amide bonds. The first-order valence-electron chi connectivity index (χ1n) is 6.19. The van der Waals surface area contributed by atoms with E-state index < -0.39 is 5.97 Å². The number of carbonyl (C=O) groups is 1. The van der Waals surface area contributed by atoms with Crippen LogP contribution in [0.5, 0.6) is 0 Å². The number of benzene rings is 1. The van der Waals surface area contributed by atoms with Crippen molar-refractivity contribution in [3.63, 3.8) is 0 Å². The van der Waals surface area contributed by atoms with Crippen LogP contribution in [0.3, 0.4) is 0 Å². The Hall–Kier alpha value is -1.35. The minimum Gasteiger partial charge on any atom is -0.481 e. The van der Waals surface area contributed by atoms with Gasteiger partial charge in [-0.15, -0.1) is 0 Å². The first-order valence-corrected chi connectivity index (χ1v) is 6.19. The number of aryl methyl sites for hydroxylation is 1. The summed E-state index contributed by atoms with van der Waals surface area (Å²) in [4.78, 5) is 10.8. The molecule has 17 heavy (non-hydrogen) atoms. The van der Waals surface area contributed by atoms with Crippen molar-refractivity contribution in [1.29, 1.82) is 0 Å². The van der Waals surface area contributed by atoms with Gasteiger partial charge in [-0.05, 0) is 43.9 Å². The van der Waals surface area contributed by atoms with Crippen LogP contribution >= 0.6 is 0 Å². The molecule has 1 aliphatic rings. The highest BCUT2D eigenvalue weighted by Gasteiger charge is 2.35. The van der Waals surface area contributed by atoms with Crippen molar-refractivity contribution in [2.24, 2.45) is 5.92 Å². The molecule has 0 bridgehead atoms. The molecule has 3 nitrogen and oxygen atoms in total. The summed E-state index contributed by atoms with van der Waals surface area (Å²) in [6, 6.07) is 8.51. The normalized spacial score (nSPS) is 23.1. The maximum absolute atomic E-state index is 10.8. The van der Waals surface area contributed by atoms with E-state index in [-0.39, 0.29) is 12.0 Å². The van der Waals surface area contributed by atoms with Crippen LogP contribution in [0.25, 0.3) is 0 Å². The molecule has 1 aliphatic carbocycles. The Morgan fingerprint density at radius 2 is 2.18 bits per heavy atom. The predicted molar refractivity (Wildman–Crippen MR) is 67.0 cm³/mol. The second-order valence-corrected chi connectivity index (χ2v) is 4.76. The Morgan fingerprint density at radius 1 is 1.41 bits per heavy atom. The highest BCUT2D eigenvalue weighted by Crippen LogP contribution is 2.27. The van der Waals surface area contributed by atoms with E-state index in [0.29, 0.717) is 0 Å². The van der Waals surface area contributed by atoms with Crippen molar-refractivity contribution in [2.45, 2.75) is 32.2 Å². The molecule has 3 heteroatoms. The van der Waals surface area contributed by atoms with E-state index in [9.17, 15) is 4.79 Å². The van der Waals surface area contributed by atoms with Crippen LogP contribution in [0.2, 0.25) is 0 Å². The van der Waals surface area contributed by atoms with E-state index >= 15 is 0 Å². The van der Waals surface area contributed by atoms with E-state index in [2.05, 4.69) is 24.4 Å². The molecule has 1 aromatic rings. The second kappa shape index (κ2) is 5.32. The van der Waals surface area contributed by atoms with E-state index in [0.717, 1.165) is 25.8 Å². The van der Waals surface area contributed by atoms with Crippen LogP contribution in [0.15, 0.2) is 24.3 Å². The van der Waals surface area contributed by atoms with Gasteiger partial charge in [0.25, 0.3) is 0 Å². The first kappa shape index (κ1) is 12.1. The highest BCUT2D eigenvalue weighted by atomic mass is 16.4. The lowest BCUT2D eigenvalue weighted by Crippen LogP contribution is -2.48. The lowest BCUT2D eigenvalue weighted by Gasteiger charge is -2.34. The van der Waals surface area contributed by atoms with Gasteiger partial charge in [-0.25, -0.2) is 0 Å². The quantitative estimate of drug-likeness (QED) is 0.817. The standard InChI is InChI=1S/C14H19NO2/c1-10-4-2-3-5-11(10)8-9-15-13-7-6-12(13)14(16)17/h2-5,12-13,15H,6-9H2,1H3,(H,16,17). The summed E-state index contributed by atoms with van der Waals surface area (Å²) in [7, 11) is 0. The molecule has 1 fully saturated rings. The van der Waals surface area contributed by atoms with E-state index in [1.165, 1.54) is 11.1 Å². The summed E-state index contributed by atoms with van der Waals surface area (Å²) in [5, 5.41) is 12.3. The van der Waals surface area contributed by atoms with Crippen LogP contribution in [0.4, 0.5) is 0 Å². The molecule has 0 saturated heterocycles. The third kappa shape index (κ3) is 2.86. The summed E-state index contributed by atoms with van der Waals surface area (Å²) in [5.74, 6) is -0.837. The average molecular weight is 233 g/mol. The summed E-state index contributed by atoms with van der Waals surface area (Å²) in [5.41, 5.74) is 2.64. The molecule has 0 aliphatic heterocycles. The molecule has 2 unspecified atom stereocenters. The van der Waals surface area contributed by atoms with Gasteiger partial charge in [0.05, 0.1) is 5.92 Å². The number of rotatable bonds is 5. The van der Waals surface area contributed by atoms with Gasteiger partial charge in [-0.2, -0.15) is 0 Å². The Balaban J connectivity index is 1.77. The number of nitrogens with one attached hydrogen (secondary N) is 1. The number of hydrogen-bond acceptors (Lipinski definition) is 2. The van der Waals surface area contributed by atoms with Gasteiger partial charge in [-0.1, -0.05) is 24.3 Å². The Morgan fingerprint density at radius 3 is 2.76 bits per heavy atom. The SMILES string of the molecule is Cc1ccccc1CCNC1CCC1C(=O)O. The minimum atomic E-state index is -0.662. The van der Waals surface area contributed by atoms with Crippen LogP contribution in [0.1, 0.15) is 24.0 Å². The third-order valence-electron chi connectivity index (χ3n) is 3.65. The van der Waals surface area contributed by atoms with Crippen molar-refractivity contribution in [1.82, 2.24) is 5.32 Å². The Bertz CT molecular complexity index is 403. The van der Waals surface area contributed by atoms with Crippen molar-refractivity contribution >= 4 is 5.97 Å². The van der Waals surface area contributed by atoms with Crippen molar-refractivity contribution in [2.75, 3.05) is 6.54 Å². The molecule has 0 heterocycles. The fourth-order valence-electron chi connectivity index (χ4n) is 2.32. The van der Waals surface area contributed by atoms with Gasteiger partial charge in [0.15, 0.2) is 0 Å². The fraction of sp³-hybridized carbons (Fsp3) is 0.500. The molecule has 92 valence electrons. The fourth-order valence-corrected chi connectivity index (χ4v) is 2.32. The summed E-state index contributed by atoms with van der Waals surface area (Å²) in [6.07, 6.45) is 2.78. The zero-order valence-electron chi connectivity index (χ0n) is 10.1. The molecular weight excluding hydrogens is 214 g/mol. The molecule has 1 aromatic carbocycles. The number of hydrogen-bond donors (Lipinski definition) is 2. The van der Waals surface area contributed by atoms with Gasteiger partial charge >= 0.3 is 5.97 Å². The summed E-state index contributed by atoms with van der Waals surface area (Å²) in [6.45, 7) is 2.97. The van der Waals surface area contributed by atoms with Gasteiger partial charge in [0.2, 0.25) is 0 Å². The van der Waals surface area contributed by atoms with E-state index in [1.54, 1.807) is 0 Å². The molecule has 0 radical (unpaired) electrons. The van der Waals surface area contributed by atoms with Crippen LogP contribution in [-0.2, 0) is 11.2 Å². The lowest BCUT2D eigenvalue weighted by molar-refractivity contribution is -0.146. The molecular formula is C14H19NO2. The second-order valence-electron chi connectivity index (χ2n) is 4.76. The predicted octanol–water partition coefficient (Wildman–Crippen LogP) is 1.99. The number of carboxylic acids is 1. The van der Waals surface area contributed by atoms with Gasteiger partial charge < -0.3 is 10.4 Å². The van der Waals surface area contributed by atoms with E-state index in [1.807, 2.05) is 12.1 Å². The molecule has 1 saturated carbocycles. The average Bonchev–Trinajstić information content (AvgIpc) is 2.24. The van der Waals surface area contributed by atoms with E-state index in [4.69, 9.17) is 5.11 Å². The summed E-state index contributed by atoms with van der Waals surface area (Å²) < 4.78 is 0. The minimum absolute atomic E-state index is 0.174. The van der Waals surface area contributed by atoms with Crippen molar-refractivity contribution < 1.29 is 9.90 Å². The maximum Gasteiger partial charge on any atom is 0.308 e. The lowest BCUT2D eigenvalue weighted by atomic mass is 9.79. The summed E-state index contributed by atoms with van der Waals surface area (Å²) >= 11 is 0. The molecule has 0 spiro atoms. The molecule has 2 atom stereocenters. The smallest absolute Gasteiger partial charge is 0.308 e. The topological polar surface area (TPSA) is 49.3 Å². The maximum atomic E-state index is 10.8. The molecule has 2 rings (SSSR count). The number of carboxylic acid groups (broad SMARTS) is 1. The number of aliphatic carboxylic acids is 1. The van der Waals surface area contributed by atoms with Crippen LogP contribution in [-0.4, -0.2) is 23.7 Å². The Kier molecular flexibility index (Phi) is 3.79. The largest absolute Gasteiger partial charge is 0.481 e. The molecule has 2 N–H and O–H groups in total. The first-order chi connectivity index (χ1) is 8.18. The highest BCUT2D eigenvalue weighted by molar-refractivity contribution is 5.72. The van der Waals surface area contributed by atoms with Crippen molar-refractivity contribution in [3.8, 4) is 0 Å². The van der Waals surface area contributed by atoms with Crippen LogP contribution in [0, 0.1) is 12.8 Å². The van der Waals surface area contributed by atoms with Gasteiger partial charge in [0, 0.05) is 6.04 Å². The molecule has 0 aromatic heterocycles. The zero-order valence-corrected chi connectivity index (χ0v) is 10.1. The third-order valence-corrected chi connectivity index (χ3v) is 3.65. The van der Waals surface area contributed by atoms with Gasteiger partial charge in [-0.3, -0.25) is 4.79 Å². The zero-order chi connectivity index (χ0) is 12.3. The van der Waals surface area contributed by atoms with Crippen molar-refractivity contribution in [3.05, 3.63) is 35.4 Å². The van der Waals surface area contributed by atoms with Gasteiger partial charge in [0.1, 0.15) is 0 Å². The van der Waals surface area contributed by atoms with Crippen LogP contribution < -0.4 is 5.32 Å². The monoisotopic (exact) mass is 233 g/mol. The Labute approximate surface area is 102 Å².